The fraction of sp³-hybridized carbons (Fsp3) is 0.900. The van der Waals surface area contributed by atoms with E-state index in [9.17, 15) is 4.79 Å². The number of carbonyl (C=O) groups is 1. The highest BCUT2D eigenvalue weighted by atomic mass is 16.1. The van der Waals surface area contributed by atoms with Gasteiger partial charge in [0.15, 0.2) is 0 Å². The van der Waals surface area contributed by atoms with Crippen molar-refractivity contribution in [3.8, 4) is 0 Å². The van der Waals surface area contributed by atoms with Crippen molar-refractivity contribution in [3.63, 3.8) is 0 Å². The number of amides is 1. The van der Waals surface area contributed by atoms with Crippen molar-refractivity contribution in [2.75, 3.05) is 39.8 Å². The lowest BCUT2D eigenvalue weighted by molar-refractivity contribution is -0.119. The average Bonchev–Trinajstić information content (AvgIpc) is 2.22. The van der Waals surface area contributed by atoms with E-state index < -0.39 is 0 Å². The zero-order valence-corrected chi connectivity index (χ0v) is 9.60. The molecule has 0 aromatic rings. The van der Waals surface area contributed by atoms with Crippen LogP contribution in [0.1, 0.15) is 20.3 Å². The first kappa shape index (κ1) is 13.4. The van der Waals surface area contributed by atoms with Crippen LogP contribution >= 0.6 is 0 Å². The molecule has 0 aliphatic heterocycles. The Balaban J connectivity index is 3.37. The number of hydrogen-bond donors (Lipinski definition) is 2. The molecule has 0 aromatic heterocycles. The van der Waals surface area contributed by atoms with Crippen LogP contribution in [0.5, 0.6) is 0 Å². The molecule has 0 heterocycles. The summed E-state index contributed by atoms with van der Waals surface area (Å²) in [5, 5.41) is 5.68. The Bertz CT molecular complexity index is 150. The summed E-state index contributed by atoms with van der Waals surface area (Å²) < 4.78 is 0. The molecule has 0 bridgehead atoms. The molecule has 4 nitrogen and oxygen atoms in total. The Labute approximate surface area is 87.0 Å². The number of nitrogens with one attached hydrogen (secondary N) is 2. The molecule has 0 saturated heterocycles. The van der Waals surface area contributed by atoms with Crippen LogP contribution in [0.25, 0.3) is 0 Å². The predicted octanol–water partition coefficient (Wildman–Crippen LogP) is 0.0539. The first-order chi connectivity index (χ1) is 6.74. The average molecular weight is 201 g/mol. The van der Waals surface area contributed by atoms with Gasteiger partial charge in [-0.05, 0) is 19.5 Å². The van der Waals surface area contributed by atoms with Crippen LogP contribution in [-0.4, -0.2) is 50.6 Å². The number of nitrogens with zero attached hydrogens (tertiary/aromatic N) is 1. The lowest BCUT2D eigenvalue weighted by atomic mass is 10.4. The monoisotopic (exact) mass is 201 g/mol. The van der Waals surface area contributed by atoms with Crippen LogP contribution in [0.3, 0.4) is 0 Å². The lowest BCUT2D eigenvalue weighted by Crippen LogP contribution is -2.37. The predicted molar refractivity (Wildman–Crippen MR) is 59.3 cm³/mol. The van der Waals surface area contributed by atoms with E-state index in [0.29, 0.717) is 6.54 Å². The van der Waals surface area contributed by atoms with Crippen LogP contribution in [-0.2, 0) is 4.79 Å². The second kappa shape index (κ2) is 8.97. The largest absolute Gasteiger partial charge is 0.358 e. The molecule has 0 aliphatic carbocycles. The number of rotatable bonds is 8. The van der Waals surface area contributed by atoms with Gasteiger partial charge in [0, 0.05) is 20.1 Å². The van der Waals surface area contributed by atoms with Gasteiger partial charge >= 0.3 is 0 Å². The third-order valence-corrected chi connectivity index (χ3v) is 2.16. The van der Waals surface area contributed by atoms with Crippen LogP contribution in [0, 0.1) is 0 Å². The molecule has 14 heavy (non-hydrogen) atoms. The summed E-state index contributed by atoms with van der Waals surface area (Å²) in [5.41, 5.74) is 0. The molecule has 0 aromatic carbocycles. The van der Waals surface area contributed by atoms with E-state index >= 15 is 0 Å². The summed E-state index contributed by atoms with van der Waals surface area (Å²) in [7, 11) is 1.65. The summed E-state index contributed by atoms with van der Waals surface area (Å²) in [4.78, 5) is 13.2. The quantitative estimate of drug-likeness (QED) is 0.546. The van der Waals surface area contributed by atoms with E-state index in [0.717, 1.165) is 26.2 Å². The van der Waals surface area contributed by atoms with E-state index in [2.05, 4.69) is 29.4 Å². The summed E-state index contributed by atoms with van der Waals surface area (Å²) >= 11 is 0. The number of carbonyl (C=O) groups excluding carboxylic acids is 1. The maximum atomic E-state index is 10.9. The Hall–Kier alpha value is -0.610. The van der Waals surface area contributed by atoms with Gasteiger partial charge in [0.05, 0.1) is 6.54 Å². The van der Waals surface area contributed by atoms with Crippen molar-refractivity contribution >= 4 is 5.91 Å². The molecule has 0 aliphatic rings. The smallest absolute Gasteiger partial charge is 0.233 e. The standard InChI is InChI=1S/C10H23N3O/c1-4-7-13(5-2)8-6-12-9-10(14)11-3/h12H,4-9H2,1-3H3,(H,11,14). The van der Waals surface area contributed by atoms with E-state index in [1.807, 2.05) is 0 Å². The zero-order chi connectivity index (χ0) is 10.8. The van der Waals surface area contributed by atoms with Crippen molar-refractivity contribution < 1.29 is 4.79 Å². The molecule has 0 fully saturated rings. The third kappa shape index (κ3) is 6.86. The Morgan fingerprint density at radius 2 is 2.00 bits per heavy atom. The molecular formula is C10H23N3O. The number of hydrogen-bond acceptors (Lipinski definition) is 3. The topological polar surface area (TPSA) is 44.4 Å². The van der Waals surface area contributed by atoms with Gasteiger partial charge in [-0.1, -0.05) is 13.8 Å². The summed E-state index contributed by atoms with van der Waals surface area (Å²) in [6.45, 7) is 8.87. The zero-order valence-electron chi connectivity index (χ0n) is 9.60. The van der Waals surface area contributed by atoms with Gasteiger partial charge in [0.25, 0.3) is 0 Å². The second-order valence-electron chi connectivity index (χ2n) is 3.28. The van der Waals surface area contributed by atoms with Gasteiger partial charge in [0.2, 0.25) is 5.91 Å². The first-order valence-corrected chi connectivity index (χ1v) is 5.38. The third-order valence-electron chi connectivity index (χ3n) is 2.16. The second-order valence-corrected chi connectivity index (χ2v) is 3.28. The van der Waals surface area contributed by atoms with Crippen molar-refractivity contribution in [2.24, 2.45) is 0 Å². The molecule has 0 atom stereocenters. The van der Waals surface area contributed by atoms with Crippen molar-refractivity contribution in [2.45, 2.75) is 20.3 Å². The molecule has 0 saturated carbocycles. The molecule has 0 radical (unpaired) electrons. The van der Waals surface area contributed by atoms with Crippen molar-refractivity contribution in [3.05, 3.63) is 0 Å². The molecule has 0 unspecified atom stereocenters. The van der Waals surface area contributed by atoms with Gasteiger partial charge in [-0.25, -0.2) is 0 Å². The molecular weight excluding hydrogens is 178 g/mol. The highest BCUT2D eigenvalue weighted by Gasteiger charge is 2.00. The van der Waals surface area contributed by atoms with Crippen LogP contribution in [0.4, 0.5) is 0 Å². The highest BCUT2D eigenvalue weighted by Crippen LogP contribution is 1.88. The van der Waals surface area contributed by atoms with E-state index in [4.69, 9.17) is 0 Å². The first-order valence-electron chi connectivity index (χ1n) is 5.38. The van der Waals surface area contributed by atoms with Crippen molar-refractivity contribution in [1.82, 2.24) is 15.5 Å². The van der Waals surface area contributed by atoms with Gasteiger partial charge < -0.3 is 15.5 Å². The molecule has 0 spiro atoms. The molecule has 1 amide bonds. The van der Waals surface area contributed by atoms with Gasteiger partial charge in [-0.15, -0.1) is 0 Å². The van der Waals surface area contributed by atoms with Gasteiger partial charge in [-0.3, -0.25) is 4.79 Å². The maximum absolute atomic E-state index is 10.9. The Kier molecular flexibility index (Phi) is 8.57. The molecule has 2 N–H and O–H groups in total. The normalized spacial score (nSPS) is 10.6. The SMILES string of the molecule is CCCN(CC)CCNCC(=O)NC. The highest BCUT2D eigenvalue weighted by molar-refractivity contribution is 5.77. The van der Waals surface area contributed by atoms with E-state index in [-0.39, 0.29) is 5.91 Å². The lowest BCUT2D eigenvalue weighted by Gasteiger charge is -2.19. The van der Waals surface area contributed by atoms with Crippen molar-refractivity contribution in [1.29, 1.82) is 0 Å². The summed E-state index contributed by atoms with van der Waals surface area (Å²) in [5.74, 6) is 0.0449. The minimum atomic E-state index is 0.0449. The van der Waals surface area contributed by atoms with Crippen LogP contribution in [0.15, 0.2) is 0 Å². The minimum absolute atomic E-state index is 0.0449. The molecule has 0 rings (SSSR count). The summed E-state index contributed by atoms with van der Waals surface area (Å²) in [6, 6.07) is 0. The van der Waals surface area contributed by atoms with E-state index in [1.54, 1.807) is 7.05 Å². The van der Waals surface area contributed by atoms with Gasteiger partial charge in [-0.2, -0.15) is 0 Å². The van der Waals surface area contributed by atoms with Crippen LogP contribution < -0.4 is 10.6 Å². The minimum Gasteiger partial charge on any atom is -0.358 e. The fourth-order valence-corrected chi connectivity index (χ4v) is 1.27. The Morgan fingerprint density at radius 3 is 2.50 bits per heavy atom. The fourth-order valence-electron chi connectivity index (χ4n) is 1.27. The maximum Gasteiger partial charge on any atom is 0.233 e. The summed E-state index contributed by atoms with van der Waals surface area (Å²) in [6.07, 6.45) is 1.18. The Morgan fingerprint density at radius 1 is 1.29 bits per heavy atom. The van der Waals surface area contributed by atoms with Gasteiger partial charge in [0.1, 0.15) is 0 Å². The van der Waals surface area contributed by atoms with E-state index in [1.165, 1.54) is 6.42 Å². The molecule has 84 valence electrons. The molecule has 4 heteroatoms. The number of likely N-dealkylation sites (N-methyl/N-ethyl adjacent to an activating group) is 2. The van der Waals surface area contributed by atoms with Crippen LogP contribution in [0.2, 0.25) is 0 Å².